The minimum absolute atomic E-state index is 0.0180. The van der Waals surface area contributed by atoms with Gasteiger partial charge in [-0.05, 0) is 141 Å². The van der Waals surface area contributed by atoms with Crippen LogP contribution >= 0.6 is 7.60 Å². The van der Waals surface area contributed by atoms with E-state index in [0.29, 0.717) is 67.3 Å². The van der Waals surface area contributed by atoms with Gasteiger partial charge in [0.05, 0.1) is 32.1 Å². The molecule has 6 rings (SSSR count). The van der Waals surface area contributed by atoms with Crippen LogP contribution in [0.3, 0.4) is 0 Å². The van der Waals surface area contributed by atoms with Crippen LogP contribution in [0.1, 0.15) is 119 Å². The van der Waals surface area contributed by atoms with Crippen LogP contribution in [0.5, 0.6) is 0 Å². The van der Waals surface area contributed by atoms with Crippen molar-refractivity contribution in [3.8, 4) is 0 Å². The lowest BCUT2D eigenvalue weighted by Gasteiger charge is -2.72. The van der Waals surface area contributed by atoms with E-state index in [0.717, 1.165) is 19.3 Å². The van der Waals surface area contributed by atoms with Gasteiger partial charge in [-0.3, -0.25) is 9.36 Å². The summed E-state index contributed by atoms with van der Waals surface area (Å²) >= 11 is 0. The van der Waals surface area contributed by atoms with Gasteiger partial charge in [0.2, 0.25) is 5.91 Å². The summed E-state index contributed by atoms with van der Waals surface area (Å²) in [5, 5.41) is 3.18. The van der Waals surface area contributed by atoms with Crippen molar-refractivity contribution in [1.29, 1.82) is 0 Å². The van der Waals surface area contributed by atoms with Crippen LogP contribution in [0.25, 0.3) is 0 Å². The normalized spacial score (nSPS) is 40.6. The molecule has 11 atom stereocenters. The van der Waals surface area contributed by atoms with E-state index in [4.69, 9.17) is 13.8 Å². The third kappa shape index (κ3) is 6.43. The molecule has 5 saturated carbocycles. The highest BCUT2D eigenvalue weighted by molar-refractivity contribution is 7.53. The summed E-state index contributed by atoms with van der Waals surface area (Å²) in [4.78, 5) is 13.9. The summed E-state index contributed by atoms with van der Waals surface area (Å²) in [6.07, 6.45) is 11.2. The molecule has 280 valence electrons. The second-order valence-electron chi connectivity index (χ2n) is 18.3. The average molecular weight is 710 g/mol. The van der Waals surface area contributed by atoms with Crippen LogP contribution < -0.4 is 5.32 Å². The van der Waals surface area contributed by atoms with Gasteiger partial charge in [0.25, 0.3) is 0 Å². The van der Waals surface area contributed by atoms with Gasteiger partial charge >= 0.3 is 7.60 Å². The van der Waals surface area contributed by atoms with Gasteiger partial charge in [0.15, 0.2) is 0 Å². The fourth-order valence-corrected chi connectivity index (χ4v) is 15.1. The Balaban J connectivity index is 1.18. The molecule has 0 radical (unpaired) electrons. The number of hydrogen-bond acceptors (Lipinski definition) is 5. The highest BCUT2D eigenvalue weighted by Crippen LogP contribution is 2.76. The third-order valence-corrected chi connectivity index (χ3v) is 18.0. The smallest absolute Gasteiger partial charge is 0.332 e. The molecule has 0 bridgehead atoms. The topological polar surface area (TPSA) is 73.9 Å². The van der Waals surface area contributed by atoms with E-state index >= 15 is 0 Å². The van der Waals surface area contributed by atoms with Gasteiger partial charge in [0, 0.05) is 12.5 Å². The lowest BCUT2D eigenvalue weighted by Crippen LogP contribution is -2.66. The highest BCUT2D eigenvalue weighted by atomic mass is 31.2. The van der Waals surface area contributed by atoms with Gasteiger partial charge in [-0.2, -0.15) is 0 Å². The summed E-state index contributed by atoms with van der Waals surface area (Å²) in [5.74, 6) is 3.33. The molecule has 1 amide bonds. The van der Waals surface area contributed by atoms with Crippen molar-refractivity contribution >= 4 is 13.5 Å². The van der Waals surface area contributed by atoms with Crippen LogP contribution in [0, 0.1) is 63.1 Å². The molecular formula is C43H68NO5P. The predicted octanol–water partition coefficient (Wildman–Crippen LogP) is 10.5. The summed E-state index contributed by atoms with van der Waals surface area (Å²) in [5.41, 5.74) is 3.48. The van der Waals surface area contributed by atoms with Crippen LogP contribution in [0.4, 0.5) is 0 Å². The maximum Gasteiger partial charge on any atom is 0.332 e. The number of carbonyl (C=O) groups excluding carboxylic acids is 1. The van der Waals surface area contributed by atoms with Crippen LogP contribution in [-0.2, 0) is 29.8 Å². The molecular weight excluding hydrogens is 641 g/mol. The molecule has 1 aromatic carbocycles. The zero-order valence-corrected chi connectivity index (χ0v) is 33.5. The number of allylic oxidation sites excluding steroid dienone is 1. The average Bonchev–Trinajstić information content (AvgIpc) is 3.45. The summed E-state index contributed by atoms with van der Waals surface area (Å²) in [7, 11) is -3.19. The second-order valence-corrected chi connectivity index (χ2v) is 20.5. The summed E-state index contributed by atoms with van der Waals surface area (Å²) < 4.78 is 30.8. The Morgan fingerprint density at radius 3 is 2.22 bits per heavy atom. The highest BCUT2D eigenvalue weighted by Gasteiger charge is 2.70. The van der Waals surface area contributed by atoms with Gasteiger partial charge in [-0.25, -0.2) is 0 Å². The molecule has 0 aliphatic heterocycles. The van der Waals surface area contributed by atoms with Gasteiger partial charge in [-0.1, -0.05) is 77.1 Å². The number of ether oxygens (including phenoxy) is 1. The van der Waals surface area contributed by atoms with E-state index < -0.39 is 7.60 Å². The molecule has 5 aliphatic rings. The largest absolute Gasteiger partial charge is 0.373 e. The van der Waals surface area contributed by atoms with Crippen molar-refractivity contribution in [1.82, 2.24) is 5.32 Å². The molecule has 5 fully saturated rings. The molecule has 1 aromatic rings. The third-order valence-electron chi connectivity index (χ3n) is 15.9. The van der Waals surface area contributed by atoms with Gasteiger partial charge in [-0.15, -0.1) is 0 Å². The number of amides is 1. The molecule has 0 spiro atoms. The fourth-order valence-electron chi connectivity index (χ4n) is 13.6. The van der Waals surface area contributed by atoms with Crippen LogP contribution in [0.15, 0.2) is 42.5 Å². The zero-order valence-electron chi connectivity index (χ0n) is 32.6. The van der Waals surface area contributed by atoms with E-state index in [-0.39, 0.29) is 40.3 Å². The number of nitrogens with one attached hydrogen (secondary N) is 1. The van der Waals surface area contributed by atoms with Crippen LogP contribution in [0.2, 0.25) is 0 Å². The first-order valence-corrected chi connectivity index (χ1v) is 21.8. The maximum atomic E-state index is 13.9. The Kier molecular flexibility index (Phi) is 11.0. The van der Waals surface area contributed by atoms with E-state index in [1.165, 1.54) is 49.7 Å². The van der Waals surface area contributed by atoms with Gasteiger partial charge in [0.1, 0.15) is 0 Å². The molecule has 0 aromatic heterocycles. The number of hydrogen-bond donors (Lipinski definition) is 1. The van der Waals surface area contributed by atoms with Crippen molar-refractivity contribution in [3.05, 3.63) is 48.0 Å². The molecule has 5 aliphatic carbocycles. The Labute approximate surface area is 304 Å². The summed E-state index contributed by atoms with van der Waals surface area (Å²) in [6, 6.07) is 10.7. The first kappa shape index (κ1) is 38.3. The Bertz CT molecular complexity index is 1420. The number of benzene rings is 1. The molecule has 7 heteroatoms. The summed E-state index contributed by atoms with van der Waals surface area (Å²) in [6.45, 7) is 25.1. The van der Waals surface area contributed by atoms with Crippen molar-refractivity contribution in [3.63, 3.8) is 0 Å². The monoisotopic (exact) mass is 709 g/mol. The Hall–Kier alpha value is -1.46. The van der Waals surface area contributed by atoms with E-state index in [9.17, 15) is 9.36 Å². The maximum absolute atomic E-state index is 13.9. The Morgan fingerprint density at radius 2 is 1.56 bits per heavy atom. The minimum Gasteiger partial charge on any atom is -0.373 e. The predicted molar refractivity (Wildman–Crippen MR) is 203 cm³/mol. The quantitative estimate of drug-likeness (QED) is 0.173. The van der Waals surface area contributed by atoms with E-state index in [2.05, 4.69) is 83.8 Å². The molecule has 0 saturated heterocycles. The first-order valence-electron chi connectivity index (χ1n) is 20.1. The molecule has 6 nitrogen and oxygen atoms in total. The SMILES string of the molecule is C=C(C)[C@@H]1C[C@@H](C(=O)NCCP(=O)(OCC)OCC)C2CC[C@]3(C)[C@H](CC[C@@H]4[C@@]5(C)CC[C@H](OCc6ccccc6)C(C)(C)[C@@H]5CC[C@]43C)[C@H]21. The van der Waals surface area contributed by atoms with Crippen molar-refractivity contribution in [2.24, 2.45) is 63.1 Å². The number of fused-ring (bicyclic) bond motifs is 7. The second kappa shape index (κ2) is 14.4. The van der Waals surface area contributed by atoms with Crippen molar-refractivity contribution in [2.45, 2.75) is 126 Å². The number of rotatable bonds is 12. The zero-order chi connectivity index (χ0) is 36.1. The minimum atomic E-state index is -3.19. The van der Waals surface area contributed by atoms with Crippen LogP contribution in [-0.4, -0.2) is 37.9 Å². The standard InChI is InChI=1S/C43H68NO5P/c1-10-48-50(46,49-11-2)26-25-44-39(45)33-27-32(29(3)4)38-31(33)19-23-42(8)34(38)17-18-36-41(7)22-21-37(47-28-30-15-13-12-14-16-30)40(5,6)35(41)20-24-43(36,42)9/h12-16,31-38H,3,10-11,17-28H2,1-2,4-9H3,(H,44,45)/t31?,32-,33+,34+,35-,36+,37-,38+,41-,42+,43+/m0/s1. The van der Waals surface area contributed by atoms with Crippen molar-refractivity contribution < 1.29 is 23.1 Å². The first-order chi connectivity index (χ1) is 23.6. The molecule has 1 unspecified atom stereocenters. The number of carbonyl (C=O) groups is 1. The fraction of sp³-hybridized carbons (Fsp3) is 0.791. The molecule has 1 N–H and O–H groups in total. The van der Waals surface area contributed by atoms with E-state index in [1.807, 2.05) is 13.8 Å². The molecule has 50 heavy (non-hydrogen) atoms. The lowest BCUT2D eigenvalue weighted by atomic mass is 9.33. The van der Waals surface area contributed by atoms with E-state index in [1.54, 1.807) is 0 Å². The Morgan fingerprint density at radius 1 is 0.880 bits per heavy atom. The molecule has 0 heterocycles. The lowest BCUT2D eigenvalue weighted by molar-refractivity contribution is -0.246. The van der Waals surface area contributed by atoms with Crippen molar-refractivity contribution in [2.75, 3.05) is 25.9 Å². The van der Waals surface area contributed by atoms with Gasteiger partial charge < -0.3 is 19.1 Å².